The molecule has 1 aromatic rings. The number of nitrogens with one attached hydrogen (secondary N) is 2. The minimum absolute atomic E-state index is 0.0164. The first-order valence-corrected chi connectivity index (χ1v) is 8.60. The van der Waals surface area contributed by atoms with Crippen LogP contribution < -0.4 is 10.0 Å². The Bertz CT molecular complexity index is 454. The smallest absolute Gasteiger partial charge is 0.241 e. The second kappa shape index (κ2) is 7.23. The second-order valence-corrected chi connectivity index (χ2v) is 7.09. The molecular weight excluding hydrogens is 268 g/mol. The van der Waals surface area contributed by atoms with Crippen molar-refractivity contribution in [3.8, 4) is 0 Å². The van der Waals surface area contributed by atoms with Gasteiger partial charge in [0.2, 0.25) is 10.0 Å². The van der Waals surface area contributed by atoms with E-state index in [-0.39, 0.29) is 6.04 Å². The van der Waals surface area contributed by atoms with Crippen molar-refractivity contribution < 1.29 is 8.42 Å². The summed E-state index contributed by atoms with van der Waals surface area (Å²) in [5.74, 6) is 0. The number of hydrogen-bond acceptors (Lipinski definition) is 4. The van der Waals surface area contributed by atoms with Crippen molar-refractivity contribution in [2.75, 3.05) is 7.05 Å². The van der Waals surface area contributed by atoms with Gasteiger partial charge < -0.3 is 5.32 Å². The van der Waals surface area contributed by atoms with Gasteiger partial charge in [0, 0.05) is 17.5 Å². The fourth-order valence-corrected chi connectivity index (χ4v) is 4.49. The summed E-state index contributed by atoms with van der Waals surface area (Å²) in [4.78, 5) is 1.26. The molecule has 4 nitrogen and oxygen atoms in total. The van der Waals surface area contributed by atoms with Crippen molar-refractivity contribution in [2.24, 2.45) is 0 Å². The first-order chi connectivity index (χ1) is 8.51. The third-order valence-electron chi connectivity index (χ3n) is 2.68. The van der Waals surface area contributed by atoms with Crippen LogP contribution in [-0.2, 0) is 16.6 Å². The SMILES string of the molecule is CCCCC(C)NS(=O)(=O)c1ccsc1CNC. The predicted molar refractivity (Wildman–Crippen MR) is 76.4 cm³/mol. The van der Waals surface area contributed by atoms with E-state index in [1.165, 1.54) is 11.3 Å². The number of unbranched alkanes of at least 4 members (excludes halogenated alkanes) is 1. The molecule has 0 amide bonds. The van der Waals surface area contributed by atoms with Crippen LogP contribution in [0.4, 0.5) is 0 Å². The molecule has 2 N–H and O–H groups in total. The molecule has 0 radical (unpaired) electrons. The Labute approximate surface area is 114 Å². The van der Waals surface area contributed by atoms with Crippen LogP contribution in [0.2, 0.25) is 0 Å². The Kier molecular flexibility index (Phi) is 6.28. The molecule has 0 spiro atoms. The van der Waals surface area contributed by atoms with Gasteiger partial charge in [0.05, 0.1) is 4.90 Å². The molecule has 1 heterocycles. The Morgan fingerprint density at radius 3 is 2.78 bits per heavy atom. The number of thiophene rings is 1. The van der Waals surface area contributed by atoms with Crippen LogP contribution in [0.1, 0.15) is 38.0 Å². The lowest BCUT2D eigenvalue weighted by Crippen LogP contribution is -2.33. The number of rotatable bonds is 8. The topological polar surface area (TPSA) is 58.2 Å². The Morgan fingerprint density at radius 1 is 1.44 bits per heavy atom. The Hall–Kier alpha value is -0.430. The molecule has 0 aliphatic rings. The van der Waals surface area contributed by atoms with Gasteiger partial charge in [-0.15, -0.1) is 11.3 Å². The molecule has 0 saturated heterocycles. The monoisotopic (exact) mass is 290 g/mol. The largest absolute Gasteiger partial charge is 0.315 e. The molecule has 1 aromatic heterocycles. The highest BCUT2D eigenvalue weighted by molar-refractivity contribution is 7.89. The van der Waals surface area contributed by atoms with Crippen LogP contribution >= 0.6 is 11.3 Å². The van der Waals surface area contributed by atoms with E-state index in [2.05, 4.69) is 17.0 Å². The first kappa shape index (κ1) is 15.6. The molecule has 1 rings (SSSR count). The second-order valence-electron chi connectivity index (χ2n) is 4.40. The van der Waals surface area contributed by atoms with Crippen LogP contribution in [0.3, 0.4) is 0 Å². The molecule has 0 saturated carbocycles. The molecule has 0 bridgehead atoms. The van der Waals surface area contributed by atoms with E-state index < -0.39 is 10.0 Å². The minimum atomic E-state index is -3.38. The molecule has 18 heavy (non-hydrogen) atoms. The normalized spacial score (nSPS) is 13.7. The average Bonchev–Trinajstić information content (AvgIpc) is 2.75. The zero-order valence-corrected chi connectivity index (χ0v) is 12.8. The highest BCUT2D eigenvalue weighted by Crippen LogP contribution is 2.22. The summed E-state index contributed by atoms with van der Waals surface area (Å²) in [6.07, 6.45) is 2.99. The summed E-state index contributed by atoms with van der Waals surface area (Å²) in [6.45, 7) is 4.60. The third kappa shape index (κ3) is 4.35. The molecule has 0 aliphatic heterocycles. The maximum Gasteiger partial charge on any atom is 0.241 e. The number of sulfonamides is 1. The first-order valence-electron chi connectivity index (χ1n) is 6.24. The molecule has 0 fully saturated rings. The zero-order valence-electron chi connectivity index (χ0n) is 11.2. The van der Waals surface area contributed by atoms with E-state index in [9.17, 15) is 8.42 Å². The van der Waals surface area contributed by atoms with Crippen molar-refractivity contribution in [1.29, 1.82) is 0 Å². The van der Waals surface area contributed by atoms with Gasteiger partial charge in [-0.1, -0.05) is 19.8 Å². The van der Waals surface area contributed by atoms with E-state index in [0.29, 0.717) is 11.4 Å². The van der Waals surface area contributed by atoms with E-state index in [1.54, 1.807) is 6.07 Å². The summed E-state index contributed by atoms with van der Waals surface area (Å²) in [6, 6.07) is 1.66. The van der Waals surface area contributed by atoms with Crippen molar-refractivity contribution in [3.05, 3.63) is 16.3 Å². The van der Waals surface area contributed by atoms with Gasteiger partial charge in [0.15, 0.2) is 0 Å². The van der Waals surface area contributed by atoms with Crippen molar-refractivity contribution in [3.63, 3.8) is 0 Å². The lowest BCUT2D eigenvalue weighted by atomic mass is 10.2. The minimum Gasteiger partial charge on any atom is -0.315 e. The third-order valence-corrected chi connectivity index (χ3v) is 5.40. The summed E-state index contributed by atoms with van der Waals surface area (Å²) in [7, 11) is -1.57. The number of hydrogen-bond donors (Lipinski definition) is 2. The lowest BCUT2D eigenvalue weighted by molar-refractivity contribution is 0.533. The summed E-state index contributed by atoms with van der Waals surface area (Å²) in [5, 5.41) is 4.81. The quantitative estimate of drug-likeness (QED) is 0.772. The highest BCUT2D eigenvalue weighted by atomic mass is 32.2. The fourth-order valence-electron chi connectivity index (χ4n) is 1.76. The lowest BCUT2D eigenvalue weighted by Gasteiger charge is -2.14. The van der Waals surface area contributed by atoms with Crippen molar-refractivity contribution >= 4 is 21.4 Å². The van der Waals surface area contributed by atoms with Gasteiger partial charge in [0.25, 0.3) is 0 Å². The molecular formula is C12H22N2O2S2. The summed E-state index contributed by atoms with van der Waals surface area (Å²) < 4.78 is 27.2. The van der Waals surface area contributed by atoms with Gasteiger partial charge in [-0.3, -0.25) is 0 Å². The average molecular weight is 290 g/mol. The molecule has 6 heteroatoms. The molecule has 1 unspecified atom stereocenters. The van der Waals surface area contributed by atoms with Crippen LogP contribution in [-0.4, -0.2) is 21.5 Å². The van der Waals surface area contributed by atoms with Crippen molar-refractivity contribution in [1.82, 2.24) is 10.0 Å². The van der Waals surface area contributed by atoms with E-state index in [0.717, 1.165) is 24.1 Å². The van der Waals surface area contributed by atoms with Crippen LogP contribution in [0.5, 0.6) is 0 Å². The van der Waals surface area contributed by atoms with Gasteiger partial charge >= 0.3 is 0 Å². The molecule has 1 atom stereocenters. The highest BCUT2D eigenvalue weighted by Gasteiger charge is 2.21. The molecule has 0 aromatic carbocycles. The summed E-state index contributed by atoms with van der Waals surface area (Å²) >= 11 is 1.46. The Balaban J connectivity index is 2.76. The van der Waals surface area contributed by atoms with Gasteiger partial charge in [-0.25, -0.2) is 13.1 Å². The van der Waals surface area contributed by atoms with E-state index >= 15 is 0 Å². The fraction of sp³-hybridized carbons (Fsp3) is 0.667. The molecule has 104 valence electrons. The van der Waals surface area contributed by atoms with Crippen LogP contribution in [0.25, 0.3) is 0 Å². The van der Waals surface area contributed by atoms with E-state index in [1.807, 2.05) is 19.4 Å². The molecule has 0 aliphatic carbocycles. The predicted octanol–water partition coefficient (Wildman–Crippen LogP) is 2.32. The maximum absolute atomic E-state index is 12.2. The zero-order chi connectivity index (χ0) is 13.6. The summed E-state index contributed by atoms with van der Waals surface area (Å²) in [5.41, 5.74) is 0. The standard InChI is InChI=1S/C12H22N2O2S2/c1-4-5-6-10(2)14-18(15,16)12-7-8-17-11(12)9-13-3/h7-8,10,13-14H,4-6,9H2,1-3H3. The van der Waals surface area contributed by atoms with Gasteiger partial charge in [-0.2, -0.15) is 0 Å². The van der Waals surface area contributed by atoms with E-state index in [4.69, 9.17) is 0 Å². The van der Waals surface area contributed by atoms with Crippen LogP contribution in [0.15, 0.2) is 16.3 Å². The van der Waals surface area contributed by atoms with Crippen LogP contribution in [0, 0.1) is 0 Å². The van der Waals surface area contributed by atoms with Crippen molar-refractivity contribution in [2.45, 2.75) is 50.6 Å². The Morgan fingerprint density at radius 2 is 2.17 bits per heavy atom. The van der Waals surface area contributed by atoms with Gasteiger partial charge in [0.1, 0.15) is 0 Å². The van der Waals surface area contributed by atoms with Gasteiger partial charge in [-0.05, 0) is 31.8 Å². The maximum atomic E-state index is 12.2.